The molecular formula is C14H19NO. The maximum atomic E-state index is 11.4. The highest BCUT2D eigenvalue weighted by molar-refractivity contribution is 6.21. The largest absolute Gasteiger partial charge is 0.290 e. The zero-order valence-corrected chi connectivity index (χ0v) is 10.1. The summed E-state index contributed by atoms with van der Waals surface area (Å²) < 4.78 is 0. The Hall–Kier alpha value is -1.18. The van der Waals surface area contributed by atoms with E-state index in [0.29, 0.717) is 6.04 Å². The fourth-order valence-electron chi connectivity index (χ4n) is 2.32. The van der Waals surface area contributed by atoms with Gasteiger partial charge in [-0.1, -0.05) is 19.3 Å². The molecule has 0 saturated heterocycles. The molecule has 0 bridgehead atoms. The van der Waals surface area contributed by atoms with Gasteiger partial charge in [0, 0.05) is 0 Å². The number of hydrogen-bond acceptors (Lipinski definition) is 2. The van der Waals surface area contributed by atoms with Gasteiger partial charge in [-0.3, -0.25) is 9.79 Å². The van der Waals surface area contributed by atoms with Gasteiger partial charge >= 0.3 is 0 Å². The van der Waals surface area contributed by atoms with E-state index in [0.717, 1.165) is 16.9 Å². The predicted molar refractivity (Wildman–Crippen MR) is 66.8 cm³/mol. The summed E-state index contributed by atoms with van der Waals surface area (Å²) in [5.41, 5.74) is 2.84. The van der Waals surface area contributed by atoms with E-state index in [1.165, 1.54) is 32.1 Å². The van der Waals surface area contributed by atoms with Crippen molar-refractivity contribution in [2.24, 2.45) is 4.99 Å². The molecule has 16 heavy (non-hydrogen) atoms. The number of allylic oxidation sites excluding steroid dienone is 4. The van der Waals surface area contributed by atoms with E-state index in [1.807, 2.05) is 19.9 Å². The number of carbonyl (C=O) groups is 1. The van der Waals surface area contributed by atoms with E-state index in [2.05, 4.69) is 0 Å². The molecule has 0 atom stereocenters. The van der Waals surface area contributed by atoms with Gasteiger partial charge in [-0.15, -0.1) is 0 Å². The Balaban J connectivity index is 2.16. The van der Waals surface area contributed by atoms with Crippen molar-refractivity contribution < 1.29 is 4.79 Å². The number of hydrogen-bond donors (Lipinski definition) is 0. The van der Waals surface area contributed by atoms with Crippen molar-refractivity contribution >= 4 is 11.5 Å². The van der Waals surface area contributed by atoms with Crippen molar-refractivity contribution in [1.82, 2.24) is 0 Å². The lowest BCUT2D eigenvalue weighted by molar-refractivity contribution is -0.111. The summed E-state index contributed by atoms with van der Waals surface area (Å²) in [7, 11) is 0. The second kappa shape index (κ2) is 4.77. The van der Waals surface area contributed by atoms with Gasteiger partial charge in [0.2, 0.25) is 0 Å². The maximum Gasteiger partial charge on any atom is 0.181 e. The lowest BCUT2D eigenvalue weighted by Gasteiger charge is -2.20. The Labute approximate surface area is 97.1 Å². The van der Waals surface area contributed by atoms with Gasteiger partial charge in [0.25, 0.3) is 0 Å². The topological polar surface area (TPSA) is 29.4 Å². The van der Waals surface area contributed by atoms with Gasteiger partial charge in [-0.2, -0.15) is 0 Å². The summed E-state index contributed by atoms with van der Waals surface area (Å²) in [6.45, 7) is 3.84. The van der Waals surface area contributed by atoms with Crippen LogP contribution in [0.4, 0.5) is 0 Å². The maximum absolute atomic E-state index is 11.4. The molecule has 0 unspecified atom stereocenters. The van der Waals surface area contributed by atoms with Crippen LogP contribution in [0.2, 0.25) is 0 Å². The van der Waals surface area contributed by atoms with Crippen LogP contribution >= 0.6 is 0 Å². The Morgan fingerprint density at radius 2 is 1.75 bits per heavy atom. The van der Waals surface area contributed by atoms with Crippen molar-refractivity contribution in [3.8, 4) is 0 Å². The van der Waals surface area contributed by atoms with Crippen LogP contribution in [0.25, 0.3) is 0 Å². The molecule has 2 aliphatic rings. The molecule has 2 aliphatic carbocycles. The summed E-state index contributed by atoms with van der Waals surface area (Å²) in [4.78, 5) is 16.2. The molecular weight excluding hydrogens is 198 g/mol. The first-order chi connectivity index (χ1) is 7.66. The molecule has 2 nitrogen and oxygen atoms in total. The van der Waals surface area contributed by atoms with Crippen LogP contribution in [0.1, 0.15) is 46.0 Å². The summed E-state index contributed by atoms with van der Waals surface area (Å²) in [5.74, 6) is 0.125. The Morgan fingerprint density at radius 3 is 2.44 bits per heavy atom. The predicted octanol–water partition coefficient (Wildman–Crippen LogP) is 3.24. The van der Waals surface area contributed by atoms with Crippen molar-refractivity contribution in [3.63, 3.8) is 0 Å². The van der Waals surface area contributed by atoms with Crippen LogP contribution in [0.5, 0.6) is 0 Å². The van der Waals surface area contributed by atoms with Gasteiger partial charge in [0.1, 0.15) is 0 Å². The quantitative estimate of drug-likeness (QED) is 0.620. The minimum Gasteiger partial charge on any atom is -0.290 e. The highest BCUT2D eigenvalue weighted by Gasteiger charge is 2.16. The highest BCUT2D eigenvalue weighted by atomic mass is 16.1. The lowest BCUT2D eigenvalue weighted by atomic mass is 9.94. The number of carbonyl (C=O) groups excluding carboxylic acids is 1. The fraction of sp³-hybridized carbons (Fsp3) is 0.571. The molecule has 0 N–H and O–H groups in total. The zero-order valence-electron chi connectivity index (χ0n) is 10.1. The second-order valence-electron chi connectivity index (χ2n) is 4.83. The SMILES string of the molecule is CC1=CC(=NC2CCCCC2)C(C)=CC1=O. The summed E-state index contributed by atoms with van der Waals surface area (Å²) in [5, 5.41) is 0. The van der Waals surface area contributed by atoms with Gasteiger partial charge in [-0.05, 0) is 50.0 Å². The summed E-state index contributed by atoms with van der Waals surface area (Å²) >= 11 is 0. The molecule has 0 heterocycles. The molecule has 1 fully saturated rings. The average Bonchev–Trinajstić information content (AvgIpc) is 2.27. The normalized spacial score (nSPS) is 25.6. The minimum absolute atomic E-state index is 0.125. The molecule has 0 spiro atoms. The third kappa shape index (κ3) is 2.49. The number of aliphatic imine (C=N–C) groups is 1. The number of rotatable bonds is 1. The number of nitrogens with zero attached hydrogens (tertiary/aromatic N) is 1. The van der Waals surface area contributed by atoms with Crippen molar-refractivity contribution in [2.45, 2.75) is 52.0 Å². The smallest absolute Gasteiger partial charge is 0.181 e. The van der Waals surface area contributed by atoms with Gasteiger partial charge in [0.05, 0.1) is 11.8 Å². The average molecular weight is 217 g/mol. The standard InChI is InChI=1S/C14H19NO/c1-10-9-14(16)11(2)8-13(10)15-12-6-4-3-5-7-12/h8-9,12H,3-7H2,1-2H3. The second-order valence-corrected chi connectivity index (χ2v) is 4.83. The first kappa shape index (κ1) is 11.3. The van der Waals surface area contributed by atoms with Crippen LogP contribution in [0.15, 0.2) is 28.3 Å². The molecule has 0 amide bonds. The Bertz CT molecular complexity index is 382. The fourth-order valence-corrected chi connectivity index (χ4v) is 2.32. The van der Waals surface area contributed by atoms with E-state index >= 15 is 0 Å². The minimum atomic E-state index is 0.125. The molecule has 86 valence electrons. The highest BCUT2D eigenvalue weighted by Crippen LogP contribution is 2.22. The van der Waals surface area contributed by atoms with E-state index in [1.54, 1.807) is 6.08 Å². The number of ketones is 1. The van der Waals surface area contributed by atoms with Crippen molar-refractivity contribution in [2.75, 3.05) is 0 Å². The molecule has 2 heteroatoms. The summed E-state index contributed by atoms with van der Waals surface area (Å²) in [6, 6.07) is 0.476. The Kier molecular flexibility index (Phi) is 3.37. The molecule has 0 aromatic heterocycles. The molecule has 1 saturated carbocycles. The van der Waals surface area contributed by atoms with Crippen LogP contribution < -0.4 is 0 Å². The molecule has 2 rings (SSSR count). The summed E-state index contributed by atoms with van der Waals surface area (Å²) in [6.07, 6.45) is 10.00. The van der Waals surface area contributed by atoms with Crippen LogP contribution in [0.3, 0.4) is 0 Å². The van der Waals surface area contributed by atoms with Crippen LogP contribution in [-0.4, -0.2) is 17.5 Å². The van der Waals surface area contributed by atoms with E-state index in [-0.39, 0.29) is 5.78 Å². The van der Waals surface area contributed by atoms with E-state index in [4.69, 9.17) is 4.99 Å². The Morgan fingerprint density at radius 1 is 1.06 bits per heavy atom. The van der Waals surface area contributed by atoms with E-state index in [9.17, 15) is 4.79 Å². The van der Waals surface area contributed by atoms with Gasteiger partial charge in [0.15, 0.2) is 5.78 Å². The van der Waals surface area contributed by atoms with Gasteiger partial charge < -0.3 is 0 Å². The first-order valence-electron chi connectivity index (χ1n) is 6.16. The molecule has 0 aromatic carbocycles. The molecule has 0 aliphatic heterocycles. The third-order valence-electron chi connectivity index (χ3n) is 3.39. The molecule has 0 aromatic rings. The van der Waals surface area contributed by atoms with E-state index < -0.39 is 0 Å². The van der Waals surface area contributed by atoms with Crippen LogP contribution in [-0.2, 0) is 4.79 Å². The van der Waals surface area contributed by atoms with Crippen molar-refractivity contribution in [1.29, 1.82) is 0 Å². The molecule has 0 radical (unpaired) electrons. The van der Waals surface area contributed by atoms with Crippen LogP contribution in [0, 0.1) is 0 Å². The lowest BCUT2D eigenvalue weighted by Crippen LogP contribution is -2.16. The third-order valence-corrected chi connectivity index (χ3v) is 3.39. The zero-order chi connectivity index (χ0) is 11.5. The van der Waals surface area contributed by atoms with Gasteiger partial charge in [-0.25, -0.2) is 0 Å². The van der Waals surface area contributed by atoms with Crippen molar-refractivity contribution in [3.05, 3.63) is 23.3 Å². The first-order valence-corrected chi connectivity index (χ1v) is 6.16. The monoisotopic (exact) mass is 217 g/mol.